The summed E-state index contributed by atoms with van der Waals surface area (Å²) in [5.74, 6) is 3.53. The maximum Gasteiger partial charge on any atom is 0.0631 e. The highest BCUT2D eigenvalue weighted by Gasteiger charge is 2.42. The van der Waals surface area contributed by atoms with Gasteiger partial charge in [0.2, 0.25) is 0 Å². The standard InChI is InChI=1S/C17H31NO/c1-17(2)7-6-14(16(17)19)10-18(3)11-15-9-12-4-5-13(15)8-12/h12-16,19H,4-11H2,1-3H3. The minimum atomic E-state index is -0.102. The van der Waals surface area contributed by atoms with Gasteiger partial charge in [0.1, 0.15) is 0 Å². The Bertz CT molecular complexity index is 327. The lowest BCUT2D eigenvalue weighted by molar-refractivity contribution is 0.0330. The molecule has 110 valence electrons. The van der Waals surface area contributed by atoms with Gasteiger partial charge in [-0.2, -0.15) is 0 Å². The van der Waals surface area contributed by atoms with E-state index >= 15 is 0 Å². The van der Waals surface area contributed by atoms with Crippen LogP contribution >= 0.6 is 0 Å². The molecule has 0 aromatic rings. The van der Waals surface area contributed by atoms with Crippen LogP contribution in [0.25, 0.3) is 0 Å². The fraction of sp³-hybridized carbons (Fsp3) is 1.00. The second-order valence-corrected chi connectivity index (χ2v) is 8.39. The van der Waals surface area contributed by atoms with E-state index in [-0.39, 0.29) is 11.5 Å². The van der Waals surface area contributed by atoms with Crippen LogP contribution in [0, 0.1) is 29.1 Å². The van der Waals surface area contributed by atoms with Crippen molar-refractivity contribution in [2.24, 2.45) is 29.1 Å². The fourth-order valence-corrected chi connectivity index (χ4v) is 5.17. The molecule has 3 fully saturated rings. The molecule has 3 aliphatic rings. The fourth-order valence-electron chi connectivity index (χ4n) is 5.17. The van der Waals surface area contributed by atoms with Crippen molar-refractivity contribution in [1.82, 2.24) is 4.90 Å². The van der Waals surface area contributed by atoms with Gasteiger partial charge in [-0.3, -0.25) is 0 Å². The van der Waals surface area contributed by atoms with Crippen molar-refractivity contribution in [2.75, 3.05) is 20.1 Å². The summed E-state index contributed by atoms with van der Waals surface area (Å²) in [7, 11) is 2.27. The molecule has 0 spiro atoms. The number of hydrogen-bond donors (Lipinski definition) is 1. The molecule has 3 rings (SSSR count). The maximum atomic E-state index is 10.4. The zero-order valence-corrected chi connectivity index (χ0v) is 12.9. The zero-order chi connectivity index (χ0) is 13.6. The number of hydrogen-bond acceptors (Lipinski definition) is 2. The molecule has 2 nitrogen and oxygen atoms in total. The van der Waals surface area contributed by atoms with Crippen molar-refractivity contribution in [3.8, 4) is 0 Å². The molecular formula is C17H31NO. The number of aliphatic hydroxyl groups excluding tert-OH is 1. The molecule has 2 bridgehead atoms. The largest absolute Gasteiger partial charge is 0.392 e. The average molecular weight is 265 g/mol. The van der Waals surface area contributed by atoms with Crippen molar-refractivity contribution >= 4 is 0 Å². The van der Waals surface area contributed by atoms with Gasteiger partial charge in [0.15, 0.2) is 0 Å². The summed E-state index contributed by atoms with van der Waals surface area (Å²) in [5.41, 5.74) is 0.137. The smallest absolute Gasteiger partial charge is 0.0631 e. The van der Waals surface area contributed by atoms with Crippen LogP contribution in [0.3, 0.4) is 0 Å². The Morgan fingerprint density at radius 1 is 1.05 bits per heavy atom. The molecular weight excluding hydrogens is 234 g/mol. The molecule has 0 heterocycles. The lowest BCUT2D eigenvalue weighted by Gasteiger charge is -2.31. The Hall–Kier alpha value is -0.0800. The van der Waals surface area contributed by atoms with Crippen LogP contribution < -0.4 is 0 Å². The normalized spacial score (nSPS) is 44.4. The average Bonchev–Trinajstić information content (AvgIpc) is 3.00. The van der Waals surface area contributed by atoms with Crippen LogP contribution in [0.4, 0.5) is 0 Å². The summed E-state index contributed by atoms with van der Waals surface area (Å²) in [6.07, 6.45) is 8.26. The number of aliphatic hydroxyl groups is 1. The molecule has 19 heavy (non-hydrogen) atoms. The summed E-state index contributed by atoms with van der Waals surface area (Å²) < 4.78 is 0. The highest BCUT2D eigenvalue weighted by Crippen LogP contribution is 2.48. The summed E-state index contributed by atoms with van der Waals surface area (Å²) in [6, 6.07) is 0. The molecule has 0 radical (unpaired) electrons. The second-order valence-electron chi connectivity index (χ2n) is 8.39. The molecule has 1 N–H and O–H groups in total. The molecule has 3 aliphatic carbocycles. The van der Waals surface area contributed by atoms with Crippen molar-refractivity contribution < 1.29 is 5.11 Å². The van der Waals surface area contributed by atoms with E-state index in [1.165, 1.54) is 45.1 Å². The minimum absolute atomic E-state index is 0.102. The molecule has 2 heteroatoms. The molecule has 0 aliphatic heterocycles. The van der Waals surface area contributed by atoms with Gasteiger partial charge in [-0.05, 0) is 68.2 Å². The van der Waals surface area contributed by atoms with E-state index in [1.54, 1.807) is 0 Å². The SMILES string of the molecule is CN(CC1CC2CCC1C2)CC1CCC(C)(C)C1O. The van der Waals surface area contributed by atoms with E-state index in [1.807, 2.05) is 0 Å². The lowest BCUT2D eigenvalue weighted by atomic mass is 9.86. The Morgan fingerprint density at radius 2 is 1.79 bits per heavy atom. The second kappa shape index (κ2) is 5.04. The van der Waals surface area contributed by atoms with Gasteiger partial charge in [-0.25, -0.2) is 0 Å². The van der Waals surface area contributed by atoms with Crippen LogP contribution in [0.5, 0.6) is 0 Å². The highest BCUT2D eigenvalue weighted by molar-refractivity contribution is 4.94. The quantitative estimate of drug-likeness (QED) is 0.844. The summed E-state index contributed by atoms with van der Waals surface area (Å²) in [6.45, 7) is 6.80. The first kappa shape index (κ1) is 13.9. The van der Waals surface area contributed by atoms with Gasteiger partial charge in [-0.1, -0.05) is 20.3 Å². The van der Waals surface area contributed by atoms with Crippen molar-refractivity contribution in [3.05, 3.63) is 0 Å². The van der Waals surface area contributed by atoms with E-state index in [9.17, 15) is 5.11 Å². The van der Waals surface area contributed by atoms with Crippen molar-refractivity contribution in [3.63, 3.8) is 0 Å². The van der Waals surface area contributed by atoms with Crippen LogP contribution in [0.2, 0.25) is 0 Å². The van der Waals surface area contributed by atoms with Crippen LogP contribution in [-0.2, 0) is 0 Å². The van der Waals surface area contributed by atoms with Crippen LogP contribution in [0.15, 0.2) is 0 Å². The molecule has 0 aromatic heterocycles. The van der Waals surface area contributed by atoms with E-state index in [2.05, 4.69) is 25.8 Å². The molecule has 3 saturated carbocycles. The molecule has 0 saturated heterocycles. The predicted molar refractivity (Wildman–Crippen MR) is 78.9 cm³/mol. The first-order valence-corrected chi connectivity index (χ1v) is 8.32. The maximum absolute atomic E-state index is 10.4. The van der Waals surface area contributed by atoms with Gasteiger partial charge in [0.25, 0.3) is 0 Å². The van der Waals surface area contributed by atoms with E-state index < -0.39 is 0 Å². The van der Waals surface area contributed by atoms with Crippen molar-refractivity contribution in [2.45, 2.75) is 58.5 Å². The molecule has 5 atom stereocenters. The third kappa shape index (κ3) is 2.71. The lowest BCUT2D eigenvalue weighted by Crippen LogP contribution is -2.37. The Labute approximate surface area is 118 Å². The number of fused-ring (bicyclic) bond motifs is 2. The third-order valence-corrected chi connectivity index (χ3v) is 6.38. The van der Waals surface area contributed by atoms with E-state index in [0.29, 0.717) is 5.92 Å². The monoisotopic (exact) mass is 265 g/mol. The van der Waals surface area contributed by atoms with Crippen LogP contribution in [-0.4, -0.2) is 36.2 Å². The van der Waals surface area contributed by atoms with Gasteiger partial charge >= 0.3 is 0 Å². The van der Waals surface area contributed by atoms with Gasteiger partial charge in [0, 0.05) is 13.1 Å². The Kier molecular flexibility index (Phi) is 3.68. The number of nitrogens with zero attached hydrogens (tertiary/aromatic N) is 1. The predicted octanol–water partition coefficient (Wildman–Crippen LogP) is 3.15. The minimum Gasteiger partial charge on any atom is -0.392 e. The summed E-state index contributed by atoms with van der Waals surface area (Å²) >= 11 is 0. The van der Waals surface area contributed by atoms with Crippen LogP contribution in [0.1, 0.15) is 52.4 Å². The Balaban J connectivity index is 1.48. The third-order valence-electron chi connectivity index (χ3n) is 6.38. The van der Waals surface area contributed by atoms with Gasteiger partial charge in [-0.15, -0.1) is 0 Å². The molecule has 0 amide bonds. The molecule has 5 unspecified atom stereocenters. The van der Waals surface area contributed by atoms with Crippen molar-refractivity contribution in [1.29, 1.82) is 0 Å². The van der Waals surface area contributed by atoms with Gasteiger partial charge in [0.05, 0.1) is 6.10 Å². The number of rotatable bonds is 4. The van der Waals surface area contributed by atoms with Gasteiger partial charge < -0.3 is 10.0 Å². The summed E-state index contributed by atoms with van der Waals surface area (Å²) in [5, 5.41) is 10.4. The first-order chi connectivity index (χ1) is 8.95. The first-order valence-electron chi connectivity index (χ1n) is 8.32. The zero-order valence-electron chi connectivity index (χ0n) is 12.9. The summed E-state index contributed by atoms with van der Waals surface area (Å²) in [4.78, 5) is 2.51. The Morgan fingerprint density at radius 3 is 2.32 bits per heavy atom. The van der Waals surface area contributed by atoms with E-state index in [0.717, 1.165) is 24.3 Å². The highest BCUT2D eigenvalue weighted by atomic mass is 16.3. The molecule has 0 aromatic carbocycles. The van der Waals surface area contributed by atoms with E-state index in [4.69, 9.17) is 0 Å². The topological polar surface area (TPSA) is 23.5 Å².